The molecule has 1 aromatic carbocycles. The van der Waals surface area contributed by atoms with Gasteiger partial charge in [0.1, 0.15) is 17.2 Å². The molecular weight excluding hydrogens is 194 g/mol. The topological polar surface area (TPSA) is 43.4 Å². The minimum Gasteiger partial charge on any atom is -0.389 e. The van der Waals surface area contributed by atoms with Crippen LogP contribution in [0.25, 0.3) is 0 Å². The predicted molar refractivity (Wildman–Crippen MR) is 40.5 cm³/mol. The number of carbonyl (C=O) groups is 2. The molecule has 0 unspecified atom stereocenters. The van der Waals surface area contributed by atoms with E-state index in [1.807, 2.05) is 0 Å². The van der Waals surface area contributed by atoms with Crippen LogP contribution >= 0.6 is 0 Å². The molecule has 3 nitrogen and oxygen atoms in total. The highest BCUT2D eigenvalue weighted by Crippen LogP contribution is 2.23. The Bertz CT molecular complexity index is 440. The fourth-order valence-corrected chi connectivity index (χ4v) is 1.32. The smallest absolute Gasteiger partial charge is 0.349 e. The van der Waals surface area contributed by atoms with Crippen molar-refractivity contribution in [3.8, 4) is 0 Å². The first-order valence-corrected chi connectivity index (χ1v) is 3.81. The van der Waals surface area contributed by atoms with Crippen molar-refractivity contribution in [3.63, 3.8) is 0 Å². The van der Waals surface area contributed by atoms with Gasteiger partial charge in [-0.15, -0.1) is 0 Å². The SMILES string of the molecule is O=C1Cc2c(F)ccc(F)c2C(=O)O1. The second-order valence-corrected chi connectivity index (χ2v) is 2.82. The van der Waals surface area contributed by atoms with E-state index in [0.717, 1.165) is 12.1 Å². The average Bonchev–Trinajstić information content (AvgIpc) is 2.10. The van der Waals surface area contributed by atoms with Crippen molar-refractivity contribution in [2.24, 2.45) is 0 Å². The first-order valence-electron chi connectivity index (χ1n) is 3.81. The van der Waals surface area contributed by atoms with Gasteiger partial charge in [-0.25, -0.2) is 13.6 Å². The van der Waals surface area contributed by atoms with Crippen molar-refractivity contribution >= 4 is 11.9 Å². The molecule has 14 heavy (non-hydrogen) atoms. The molecule has 0 spiro atoms. The van der Waals surface area contributed by atoms with Gasteiger partial charge >= 0.3 is 11.9 Å². The first kappa shape index (κ1) is 8.80. The molecule has 0 aromatic heterocycles. The van der Waals surface area contributed by atoms with Crippen LogP contribution in [0.3, 0.4) is 0 Å². The molecule has 5 heteroatoms. The molecule has 72 valence electrons. The molecule has 0 fully saturated rings. The van der Waals surface area contributed by atoms with Crippen LogP contribution in [-0.2, 0) is 16.0 Å². The Labute approximate surface area is 77.3 Å². The lowest BCUT2D eigenvalue weighted by Gasteiger charge is -2.14. The molecule has 1 heterocycles. The highest BCUT2D eigenvalue weighted by molar-refractivity contribution is 6.02. The highest BCUT2D eigenvalue weighted by Gasteiger charge is 2.30. The fraction of sp³-hybridized carbons (Fsp3) is 0.111. The summed E-state index contributed by atoms with van der Waals surface area (Å²) >= 11 is 0. The van der Waals surface area contributed by atoms with Gasteiger partial charge < -0.3 is 4.74 Å². The summed E-state index contributed by atoms with van der Waals surface area (Å²) in [6, 6.07) is 1.70. The minimum absolute atomic E-state index is 0.230. The lowest BCUT2D eigenvalue weighted by molar-refractivity contribution is -0.137. The summed E-state index contributed by atoms with van der Waals surface area (Å²) in [6.45, 7) is 0. The number of hydrogen-bond donors (Lipinski definition) is 0. The van der Waals surface area contributed by atoms with E-state index < -0.39 is 35.6 Å². The molecule has 0 bridgehead atoms. The van der Waals surface area contributed by atoms with E-state index in [9.17, 15) is 18.4 Å². The fourth-order valence-electron chi connectivity index (χ4n) is 1.32. The van der Waals surface area contributed by atoms with Crippen LogP contribution in [0, 0.1) is 11.6 Å². The van der Waals surface area contributed by atoms with E-state index >= 15 is 0 Å². The van der Waals surface area contributed by atoms with Gasteiger partial charge in [0, 0.05) is 5.56 Å². The molecule has 1 aliphatic rings. The number of hydrogen-bond acceptors (Lipinski definition) is 3. The molecule has 1 aromatic rings. The number of cyclic esters (lactones) is 2. The summed E-state index contributed by atoms with van der Waals surface area (Å²) in [5, 5.41) is 0. The lowest BCUT2D eigenvalue weighted by Crippen LogP contribution is -2.25. The number of esters is 2. The summed E-state index contributed by atoms with van der Waals surface area (Å²) < 4.78 is 30.3. The standard InChI is InChI=1S/C9H4F2O3/c10-5-1-2-6(11)8-4(5)3-7(12)14-9(8)13/h1-2H,3H2. The number of rotatable bonds is 0. The maximum Gasteiger partial charge on any atom is 0.349 e. The number of ether oxygens (including phenoxy) is 1. The maximum absolute atomic E-state index is 13.1. The molecule has 0 amide bonds. The molecule has 1 aliphatic heterocycles. The van der Waals surface area contributed by atoms with Crippen LogP contribution in [0.4, 0.5) is 8.78 Å². The van der Waals surface area contributed by atoms with Crippen LogP contribution in [0.1, 0.15) is 15.9 Å². The van der Waals surface area contributed by atoms with E-state index in [1.54, 1.807) is 0 Å². The second-order valence-electron chi connectivity index (χ2n) is 2.82. The molecule has 0 N–H and O–H groups in total. The normalized spacial score (nSPS) is 15.0. The molecule has 0 saturated carbocycles. The third-order valence-electron chi connectivity index (χ3n) is 1.94. The zero-order valence-electron chi connectivity index (χ0n) is 6.84. The zero-order chi connectivity index (χ0) is 10.3. The van der Waals surface area contributed by atoms with E-state index in [2.05, 4.69) is 4.74 Å². The van der Waals surface area contributed by atoms with Crippen molar-refractivity contribution in [1.82, 2.24) is 0 Å². The Balaban J connectivity index is 2.69. The van der Waals surface area contributed by atoms with E-state index in [4.69, 9.17) is 0 Å². The lowest BCUT2D eigenvalue weighted by atomic mass is 10.0. The largest absolute Gasteiger partial charge is 0.389 e. The number of carbonyl (C=O) groups excluding carboxylic acids is 2. The summed E-state index contributed by atoms with van der Waals surface area (Å²) in [4.78, 5) is 21.8. The molecule has 0 radical (unpaired) electrons. The maximum atomic E-state index is 13.1. The van der Waals surface area contributed by atoms with Gasteiger partial charge in [0.15, 0.2) is 0 Å². The van der Waals surface area contributed by atoms with Gasteiger partial charge in [-0.05, 0) is 12.1 Å². The van der Waals surface area contributed by atoms with Crippen molar-refractivity contribution in [3.05, 3.63) is 34.9 Å². The quantitative estimate of drug-likeness (QED) is 0.464. The Kier molecular flexibility index (Phi) is 1.80. The predicted octanol–water partition coefficient (Wildman–Crippen LogP) is 1.20. The number of halogens is 2. The van der Waals surface area contributed by atoms with Gasteiger partial charge in [0.2, 0.25) is 0 Å². The van der Waals surface area contributed by atoms with E-state index in [0.29, 0.717) is 0 Å². The zero-order valence-corrected chi connectivity index (χ0v) is 6.84. The summed E-state index contributed by atoms with van der Waals surface area (Å²) in [7, 11) is 0. The van der Waals surface area contributed by atoms with Gasteiger partial charge in [-0.3, -0.25) is 4.79 Å². The van der Waals surface area contributed by atoms with Crippen molar-refractivity contribution in [2.45, 2.75) is 6.42 Å². The highest BCUT2D eigenvalue weighted by atomic mass is 19.1. The van der Waals surface area contributed by atoms with Crippen molar-refractivity contribution in [2.75, 3.05) is 0 Å². The summed E-state index contributed by atoms with van der Waals surface area (Å²) in [6.07, 6.45) is -0.412. The molecule has 0 atom stereocenters. The molecule has 0 aliphatic carbocycles. The van der Waals surface area contributed by atoms with Gasteiger partial charge in [-0.1, -0.05) is 0 Å². The third kappa shape index (κ3) is 1.17. The molecule has 2 rings (SSSR count). The van der Waals surface area contributed by atoms with Crippen molar-refractivity contribution in [1.29, 1.82) is 0 Å². The minimum atomic E-state index is -1.13. The van der Waals surface area contributed by atoms with E-state index in [1.165, 1.54) is 0 Å². The number of benzene rings is 1. The van der Waals surface area contributed by atoms with Crippen LogP contribution in [-0.4, -0.2) is 11.9 Å². The first-order chi connectivity index (χ1) is 6.59. The Morgan fingerprint density at radius 1 is 1.14 bits per heavy atom. The Morgan fingerprint density at radius 2 is 1.79 bits per heavy atom. The Morgan fingerprint density at radius 3 is 2.50 bits per heavy atom. The average molecular weight is 198 g/mol. The van der Waals surface area contributed by atoms with E-state index in [-0.39, 0.29) is 5.56 Å². The molecule has 0 saturated heterocycles. The second kappa shape index (κ2) is 2.87. The molecular formula is C9H4F2O3. The van der Waals surface area contributed by atoms with Crippen LogP contribution in [0.5, 0.6) is 0 Å². The van der Waals surface area contributed by atoms with Crippen LogP contribution < -0.4 is 0 Å². The van der Waals surface area contributed by atoms with Crippen LogP contribution in [0.15, 0.2) is 12.1 Å². The summed E-state index contributed by atoms with van der Waals surface area (Å²) in [5.74, 6) is -3.65. The summed E-state index contributed by atoms with van der Waals surface area (Å²) in [5.41, 5.74) is -0.712. The Hall–Kier alpha value is -1.78. The van der Waals surface area contributed by atoms with Crippen LogP contribution in [0.2, 0.25) is 0 Å². The monoisotopic (exact) mass is 198 g/mol. The van der Waals surface area contributed by atoms with Crippen molar-refractivity contribution < 1.29 is 23.1 Å². The van der Waals surface area contributed by atoms with Gasteiger partial charge in [0.05, 0.1) is 6.42 Å². The van der Waals surface area contributed by atoms with Gasteiger partial charge in [-0.2, -0.15) is 0 Å². The number of fused-ring (bicyclic) bond motifs is 1. The third-order valence-corrected chi connectivity index (χ3v) is 1.94. The van der Waals surface area contributed by atoms with Gasteiger partial charge in [0.25, 0.3) is 0 Å².